The van der Waals surface area contributed by atoms with E-state index in [9.17, 15) is 9.90 Å². The van der Waals surface area contributed by atoms with Crippen molar-refractivity contribution in [3.8, 4) is 0 Å². The van der Waals surface area contributed by atoms with Crippen LogP contribution in [-0.4, -0.2) is 28.1 Å². The predicted octanol–water partition coefficient (Wildman–Crippen LogP) is 3.32. The van der Waals surface area contributed by atoms with Gasteiger partial charge in [-0.05, 0) is 12.8 Å². The Hall–Kier alpha value is -0.550. The lowest BCUT2D eigenvalue weighted by atomic mass is 9.97. The van der Waals surface area contributed by atoms with Gasteiger partial charge in [0.2, 0.25) is 0 Å². The lowest BCUT2D eigenvalue weighted by molar-refractivity contribution is 0.0313. The summed E-state index contributed by atoms with van der Waals surface area (Å²) in [6.45, 7) is 3.82. The molecule has 4 nitrogen and oxygen atoms in total. The SMILES string of the molecule is CCC(O)(CC)CNC(=O)c1ncc(Cl)c(Cl)c1Cl. The van der Waals surface area contributed by atoms with Crippen LogP contribution in [-0.2, 0) is 0 Å². The van der Waals surface area contributed by atoms with E-state index < -0.39 is 11.5 Å². The summed E-state index contributed by atoms with van der Waals surface area (Å²) in [5.41, 5.74) is -0.941. The average Bonchev–Trinajstić information content (AvgIpc) is 2.42. The van der Waals surface area contributed by atoms with Crippen molar-refractivity contribution in [2.45, 2.75) is 32.3 Å². The topological polar surface area (TPSA) is 62.2 Å². The smallest absolute Gasteiger partial charge is 0.271 e. The summed E-state index contributed by atoms with van der Waals surface area (Å²) in [4.78, 5) is 15.8. The number of carbonyl (C=O) groups is 1. The molecule has 0 aromatic carbocycles. The molecule has 19 heavy (non-hydrogen) atoms. The first-order valence-corrected chi connectivity index (χ1v) is 6.98. The van der Waals surface area contributed by atoms with Crippen LogP contribution in [0.1, 0.15) is 37.2 Å². The van der Waals surface area contributed by atoms with Gasteiger partial charge in [0.05, 0.1) is 20.7 Å². The van der Waals surface area contributed by atoms with Crippen LogP contribution in [0.3, 0.4) is 0 Å². The Morgan fingerprint density at radius 1 is 1.32 bits per heavy atom. The van der Waals surface area contributed by atoms with E-state index >= 15 is 0 Å². The van der Waals surface area contributed by atoms with E-state index in [2.05, 4.69) is 10.3 Å². The third-order valence-corrected chi connectivity index (χ3v) is 4.27. The number of rotatable bonds is 5. The van der Waals surface area contributed by atoms with Crippen LogP contribution < -0.4 is 5.32 Å². The van der Waals surface area contributed by atoms with Gasteiger partial charge >= 0.3 is 0 Å². The molecule has 7 heteroatoms. The van der Waals surface area contributed by atoms with Gasteiger partial charge in [0.25, 0.3) is 5.91 Å². The lowest BCUT2D eigenvalue weighted by Crippen LogP contribution is -2.42. The van der Waals surface area contributed by atoms with Crippen molar-refractivity contribution in [2.75, 3.05) is 6.54 Å². The van der Waals surface area contributed by atoms with Crippen molar-refractivity contribution < 1.29 is 9.90 Å². The highest BCUT2D eigenvalue weighted by molar-refractivity contribution is 6.48. The van der Waals surface area contributed by atoms with Gasteiger partial charge < -0.3 is 10.4 Å². The summed E-state index contributed by atoms with van der Waals surface area (Å²) in [6, 6.07) is 0. The van der Waals surface area contributed by atoms with Crippen molar-refractivity contribution in [1.82, 2.24) is 10.3 Å². The zero-order chi connectivity index (χ0) is 14.6. The number of hydrogen-bond acceptors (Lipinski definition) is 3. The fourth-order valence-electron chi connectivity index (χ4n) is 1.43. The van der Waals surface area contributed by atoms with Crippen molar-refractivity contribution in [1.29, 1.82) is 0 Å². The summed E-state index contributed by atoms with van der Waals surface area (Å²) < 4.78 is 0. The second-order valence-electron chi connectivity index (χ2n) is 4.20. The molecule has 1 amide bonds. The van der Waals surface area contributed by atoms with E-state index in [-0.39, 0.29) is 27.3 Å². The molecule has 0 saturated carbocycles. The summed E-state index contributed by atoms with van der Waals surface area (Å²) in [5, 5.41) is 12.9. The van der Waals surface area contributed by atoms with E-state index in [0.29, 0.717) is 12.8 Å². The highest BCUT2D eigenvalue weighted by Gasteiger charge is 2.24. The van der Waals surface area contributed by atoms with Gasteiger partial charge in [-0.1, -0.05) is 48.7 Å². The Kier molecular flexibility index (Phi) is 5.86. The van der Waals surface area contributed by atoms with E-state index in [4.69, 9.17) is 34.8 Å². The molecule has 106 valence electrons. The Morgan fingerprint density at radius 2 is 1.89 bits per heavy atom. The minimum absolute atomic E-state index is 0.00297. The Bertz CT molecular complexity index is 476. The molecule has 0 aliphatic rings. The standard InChI is InChI=1S/C12H15Cl3N2O2/c1-3-12(19,4-2)6-17-11(18)10-9(15)8(14)7(13)5-16-10/h5,19H,3-4,6H2,1-2H3,(H,17,18). The molecule has 0 bridgehead atoms. The molecule has 0 fully saturated rings. The van der Waals surface area contributed by atoms with Gasteiger partial charge in [-0.2, -0.15) is 0 Å². The maximum Gasteiger partial charge on any atom is 0.271 e. The molecule has 0 saturated heterocycles. The number of amides is 1. The van der Waals surface area contributed by atoms with Crippen molar-refractivity contribution in [3.05, 3.63) is 27.0 Å². The molecule has 0 spiro atoms. The molecule has 0 atom stereocenters. The lowest BCUT2D eigenvalue weighted by Gasteiger charge is -2.25. The van der Waals surface area contributed by atoms with Gasteiger partial charge in [-0.25, -0.2) is 4.98 Å². The quantitative estimate of drug-likeness (QED) is 0.873. The van der Waals surface area contributed by atoms with E-state index in [1.807, 2.05) is 13.8 Å². The molecule has 0 aliphatic heterocycles. The number of aliphatic hydroxyl groups is 1. The van der Waals surface area contributed by atoms with Gasteiger partial charge in [0.1, 0.15) is 5.69 Å². The zero-order valence-corrected chi connectivity index (χ0v) is 12.9. The van der Waals surface area contributed by atoms with Gasteiger partial charge in [-0.3, -0.25) is 4.79 Å². The summed E-state index contributed by atoms with van der Waals surface area (Å²) in [5.74, 6) is -0.496. The van der Waals surface area contributed by atoms with E-state index in [0.717, 1.165) is 0 Å². The van der Waals surface area contributed by atoms with Crippen molar-refractivity contribution >= 4 is 40.7 Å². The van der Waals surface area contributed by atoms with Crippen molar-refractivity contribution in [3.63, 3.8) is 0 Å². The first kappa shape index (κ1) is 16.5. The molecular formula is C12H15Cl3N2O2. The molecule has 1 heterocycles. The maximum atomic E-state index is 11.9. The first-order valence-electron chi connectivity index (χ1n) is 5.84. The van der Waals surface area contributed by atoms with Crippen LogP contribution >= 0.6 is 34.8 Å². The molecule has 1 rings (SSSR count). The zero-order valence-electron chi connectivity index (χ0n) is 10.6. The van der Waals surface area contributed by atoms with Crippen LogP contribution in [0.5, 0.6) is 0 Å². The third kappa shape index (κ3) is 3.96. The minimum atomic E-state index is -0.932. The molecule has 0 radical (unpaired) electrons. The fraction of sp³-hybridized carbons (Fsp3) is 0.500. The van der Waals surface area contributed by atoms with E-state index in [1.54, 1.807) is 0 Å². The van der Waals surface area contributed by atoms with Crippen molar-refractivity contribution in [2.24, 2.45) is 0 Å². The molecule has 2 N–H and O–H groups in total. The van der Waals surface area contributed by atoms with Crippen LogP contribution in [0.25, 0.3) is 0 Å². The minimum Gasteiger partial charge on any atom is -0.388 e. The summed E-state index contributed by atoms with van der Waals surface area (Å²) in [7, 11) is 0. The Morgan fingerprint density at radius 3 is 2.42 bits per heavy atom. The highest BCUT2D eigenvalue weighted by atomic mass is 35.5. The average molecular weight is 326 g/mol. The number of nitrogens with zero attached hydrogens (tertiary/aromatic N) is 1. The highest BCUT2D eigenvalue weighted by Crippen LogP contribution is 2.31. The van der Waals surface area contributed by atoms with Crippen LogP contribution in [0.4, 0.5) is 0 Å². The summed E-state index contributed by atoms with van der Waals surface area (Å²) >= 11 is 17.5. The molecule has 0 unspecified atom stereocenters. The number of hydrogen-bond donors (Lipinski definition) is 2. The van der Waals surface area contributed by atoms with E-state index in [1.165, 1.54) is 6.20 Å². The number of halogens is 3. The van der Waals surface area contributed by atoms with Crippen LogP contribution in [0, 0.1) is 0 Å². The van der Waals surface area contributed by atoms with Gasteiger partial charge in [-0.15, -0.1) is 0 Å². The van der Waals surface area contributed by atoms with Gasteiger partial charge in [0.15, 0.2) is 0 Å². The summed E-state index contributed by atoms with van der Waals surface area (Å²) in [6.07, 6.45) is 2.33. The fourth-order valence-corrected chi connectivity index (χ4v) is 2.00. The Labute approximate surface area is 127 Å². The molecule has 1 aromatic heterocycles. The third-order valence-electron chi connectivity index (χ3n) is 3.03. The number of nitrogens with one attached hydrogen (secondary N) is 1. The first-order chi connectivity index (χ1) is 8.84. The normalized spacial score (nSPS) is 11.5. The predicted molar refractivity (Wildman–Crippen MR) is 77.1 cm³/mol. The number of aromatic nitrogens is 1. The molecule has 0 aliphatic carbocycles. The van der Waals surface area contributed by atoms with Crippen LogP contribution in [0.15, 0.2) is 6.20 Å². The largest absolute Gasteiger partial charge is 0.388 e. The van der Waals surface area contributed by atoms with Gasteiger partial charge in [0, 0.05) is 12.7 Å². The second kappa shape index (κ2) is 6.75. The number of carbonyl (C=O) groups excluding carboxylic acids is 1. The number of pyridine rings is 1. The Balaban J connectivity index is 2.83. The monoisotopic (exact) mass is 324 g/mol. The van der Waals surface area contributed by atoms with Crippen LogP contribution in [0.2, 0.25) is 15.1 Å². The second-order valence-corrected chi connectivity index (χ2v) is 5.36. The molecular weight excluding hydrogens is 311 g/mol. The maximum absolute atomic E-state index is 11.9. The molecule has 1 aromatic rings.